The molecule has 1 aromatic carbocycles. The van der Waals surface area contributed by atoms with Gasteiger partial charge in [0.05, 0.1) is 20.3 Å². The van der Waals surface area contributed by atoms with Gasteiger partial charge < -0.3 is 19.3 Å². The van der Waals surface area contributed by atoms with Crippen LogP contribution in [0.3, 0.4) is 0 Å². The van der Waals surface area contributed by atoms with Crippen LogP contribution in [0.1, 0.15) is 12.0 Å². The maximum absolute atomic E-state index is 13.9. The predicted octanol–water partition coefficient (Wildman–Crippen LogP) is 2.43. The van der Waals surface area contributed by atoms with E-state index in [0.29, 0.717) is 43.4 Å². The first-order chi connectivity index (χ1) is 14.4. The number of anilines is 2. The Hall–Kier alpha value is -2.75. The number of hydrogen-bond donors (Lipinski definition) is 0. The van der Waals surface area contributed by atoms with E-state index < -0.39 is 12.2 Å². The molecule has 0 spiro atoms. The van der Waals surface area contributed by atoms with Crippen LogP contribution in [-0.2, 0) is 17.8 Å². The molecule has 4 rings (SSSR count). The van der Waals surface area contributed by atoms with Crippen molar-refractivity contribution in [3.8, 4) is 5.75 Å². The number of halogens is 3. The van der Waals surface area contributed by atoms with E-state index in [1.54, 1.807) is 24.3 Å². The highest BCUT2D eigenvalue weighted by atomic mass is 19.4. The molecule has 1 saturated heterocycles. The number of fused-ring (bicyclic) bond motifs is 1. The number of ether oxygens (including phenoxy) is 2. The standard InChI is InChI=1S/C20H23F3N4O3/c1-29-15-4-2-3-14(11-15)13-27-16(20(21,22)23)5-6-26-18(28)12-17(24-19(26)27)25-7-9-30-10-8-25/h2-4,11-12,16H,5-10,13H2,1H3/t16-/m0/s1. The molecule has 162 valence electrons. The molecule has 2 aliphatic heterocycles. The van der Waals surface area contributed by atoms with Gasteiger partial charge in [-0.25, -0.2) is 0 Å². The number of morpholine rings is 1. The van der Waals surface area contributed by atoms with Crippen molar-refractivity contribution in [1.29, 1.82) is 0 Å². The van der Waals surface area contributed by atoms with Crippen molar-refractivity contribution in [1.82, 2.24) is 9.55 Å². The van der Waals surface area contributed by atoms with Crippen molar-refractivity contribution in [2.75, 3.05) is 43.2 Å². The van der Waals surface area contributed by atoms with Gasteiger partial charge in [0, 0.05) is 32.2 Å². The van der Waals surface area contributed by atoms with E-state index in [0.717, 1.165) is 0 Å². The van der Waals surface area contributed by atoms with Gasteiger partial charge in [0.1, 0.15) is 17.6 Å². The Balaban J connectivity index is 1.76. The average Bonchev–Trinajstić information content (AvgIpc) is 2.74. The number of methoxy groups -OCH3 is 1. The lowest BCUT2D eigenvalue weighted by atomic mass is 10.1. The van der Waals surface area contributed by atoms with Gasteiger partial charge in [0.15, 0.2) is 0 Å². The monoisotopic (exact) mass is 424 g/mol. The summed E-state index contributed by atoms with van der Waals surface area (Å²) < 4.78 is 53.5. The van der Waals surface area contributed by atoms with E-state index in [1.165, 1.54) is 22.6 Å². The Morgan fingerprint density at radius 1 is 1.20 bits per heavy atom. The molecular formula is C20H23F3N4O3. The van der Waals surface area contributed by atoms with E-state index >= 15 is 0 Å². The molecule has 2 aromatic rings. The van der Waals surface area contributed by atoms with Crippen molar-refractivity contribution in [3.63, 3.8) is 0 Å². The van der Waals surface area contributed by atoms with Gasteiger partial charge in [-0.15, -0.1) is 0 Å². The fourth-order valence-corrected chi connectivity index (χ4v) is 3.90. The molecule has 0 N–H and O–H groups in total. The Morgan fingerprint density at radius 3 is 2.67 bits per heavy atom. The summed E-state index contributed by atoms with van der Waals surface area (Å²) in [6, 6.07) is 6.55. The third-order valence-electron chi connectivity index (χ3n) is 5.43. The van der Waals surface area contributed by atoms with Gasteiger partial charge in [0.2, 0.25) is 5.95 Å². The molecule has 0 amide bonds. The smallest absolute Gasteiger partial charge is 0.408 e. The zero-order valence-corrected chi connectivity index (χ0v) is 16.6. The van der Waals surface area contributed by atoms with Crippen molar-refractivity contribution in [2.24, 2.45) is 0 Å². The second-order valence-corrected chi connectivity index (χ2v) is 7.33. The molecule has 30 heavy (non-hydrogen) atoms. The van der Waals surface area contributed by atoms with Crippen molar-refractivity contribution in [2.45, 2.75) is 31.7 Å². The largest absolute Gasteiger partial charge is 0.497 e. The van der Waals surface area contributed by atoms with E-state index in [1.807, 2.05) is 4.90 Å². The third kappa shape index (κ3) is 4.09. The summed E-state index contributed by atoms with van der Waals surface area (Å²) in [5, 5.41) is 0. The topological polar surface area (TPSA) is 59.8 Å². The van der Waals surface area contributed by atoms with Crippen LogP contribution in [0.4, 0.5) is 24.9 Å². The molecule has 1 atom stereocenters. The minimum absolute atomic E-state index is 0.0245. The summed E-state index contributed by atoms with van der Waals surface area (Å²) in [5.41, 5.74) is 0.292. The first-order valence-electron chi connectivity index (χ1n) is 9.77. The van der Waals surface area contributed by atoms with Gasteiger partial charge in [-0.05, 0) is 24.1 Å². The SMILES string of the molecule is COc1cccc(CN2c3nc(N4CCOCC4)cc(=O)n3CC[C@H]2C(F)(F)F)c1. The number of rotatable bonds is 4. The zero-order valence-electron chi connectivity index (χ0n) is 16.6. The summed E-state index contributed by atoms with van der Waals surface area (Å²) in [5.74, 6) is 0.980. The van der Waals surface area contributed by atoms with Crippen LogP contribution in [0, 0.1) is 0 Å². The molecule has 0 unspecified atom stereocenters. The Kier molecular flexibility index (Phi) is 5.59. The Labute approximate surface area is 171 Å². The summed E-state index contributed by atoms with van der Waals surface area (Å²) in [6.07, 6.45) is -4.66. The highest BCUT2D eigenvalue weighted by molar-refractivity contribution is 5.47. The van der Waals surface area contributed by atoms with Crippen LogP contribution in [0.5, 0.6) is 5.75 Å². The number of nitrogens with zero attached hydrogens (tertiary/aromatic N) is 4. The molecule has 0 radical (unpaired) electrons. The molecule has 0 saturated carbocycles. The second-order valence-electron chi connectivity index (χ2n) is 7.33. The number of benzene rings is 1. The quantitative estimate of drug-likeness (QED) is 0.752. The van der Waals surface area contributed by atoms with Crippen molar-refractivity contribution >= 4 is 11.8 Å². The molecule has 2 aliphatic rings. The van der Waals surface area contributed by atoms with Crippen LogP contribution in [0.15, 0.2) is 35.1 Å². The highest BCUT2D eigenvalue weighted by Crippen LogP contribution is 2.35. The maximum atomic E-state index is 13.9. The summed E-state index contributed by atoms with van der Waals surface area (Å²) >= 11 is 0. The van der Waals surface area contributed by atoms with Gasteiger partial charge in [-0.2, -0.15) is 18.2 Å². The molecule has 1 aromatic heterocycles. The van der Waals surface area contributed by atoms with Gasteiger partial charge in [-0.3, -0.25) is 9.36 Å². The molecule has 0 bridgehead atoms. The van der Waals surface area contributed by atoms with Crippen LogP contribution < -0.4 is 20.1 Å². The van der Waals surface area contributed by atoms with Crippen LogP contribution in [0.2, 0.25) is 0 Å². The molecule has 3 heterocycles. The third-order valence-corrected chi connectivity index (χ3v) is 5.43. The van der Waals surface area contributed by atoms with Gasteiger partial charge >= 0.3 is 6.18 Å². The minimum atomic E-state index is -4.45. The first-order valence-corrected chi connectivity index (χ1v) is 9.77. The molecule has 1 fully saturated rings. The second kappa shape index (κ2) is 8.17. The van der Waals surface area contributed by atoms with Crippen LogP contribution >= 0.6 is 0 Å². The average molecular weight is 424 g/mol. The summed E-state index contributed by atoms with van der Waals surface area (Å²) in [6.45, 7) is 1.98. The Bertz CT molecular complexity index is 957. The van der Waals surface area contributed by atoms with Crippen molar-refractivity contribution in [3.05, 3.63) is 46.2 Å². The lowest BCUT2D eigenvalue weighted by molar-refractivity contribution is -0.153. The molecule has 0 aliphatic carbocycles. The summed E-state index contributed by atoms with van der Waals surface area (Å²) in [4.78, 5) is 20.3. The van der Waals surface area contributed by atoms with E-state index in [4.69, 9.17) is 9.47 Å². The minimum Gasteiger partial charge on any atom is -0.497 e. The van der Waals surface area contributed by atoms with Crippen LogP contribution in [0.25, 0.3) is 0 Å². The number of alkyl halides is 3. The van der Waals surface area contributed by atoms with E-state index in [2.05, 4.69) is 4.98 Å². The van der Waals surface area contributed by atoms with E-state index in [9.17, 15) is 18.0 Å². The lowest BCUT2D eigenvalue weighted by Crippen LogP contribution is -2.52. The fraction of sp³-hybridized carbons (Fsp3) is 0.500. The van der Waals surface area contributed by atoms with Crippen molar-refractivity contribution < 1.29 is 22.6 Å². The number of aromatic nitrogens is 2. The number of hydrogen-bond acceptors (Lipinski definition) is 6. The lowest BCUT2D eigenvalue weighted by Gasteiger charge is -2.39. The van der Waals surface area contributed by atoms with E-state index in [-0.39, 0.29) is 31.0 Å². The predicted molar refractivity (Wildman–Crippen MR) is 105 cm³/mol. The zero-order chi connectivity index (χ0) is 21.3. The molecule has 10 heteroatoms. The maximum Gasteiger partial charge on any atom is 0.408 e. The summed E-state index contributed by atoms with van der Waals surface area (Å²) in [7, 11) is 1.50. The molecule has 7 nitrogen and oxygen atoms in total. The fourth-order valence-electron chi connectivity index (χ4n) is 3.90. The van der Waals surface area contributed by atoms with Gasteiger partial charge in [-0.1, -0.05) is 12.1 Å². The van der Waals surface area contributed by atoms with Crippen LogP contribution in [-0.4, -0.2) is 55.2 Å². The highest BCUT2D eigenvalue weighted by Gasteiger charge is 2.47. The molecular weight excluding hydrogens is 401 g/mol. The first kappa shape index (κ1) is 20.5. The van der Waals surface area contributed by atoms with Gasteiger partial charge in [0.25, 0.3) is 5.56 Å². The normalized spacial score (nSPS) is 19.5. The Morgan fingerprint density at radius 2 is 1.97 bits per heavy atom.